The molecule has 1 aliphatic carbocycles. The number of amides is 1. The van der Waals surface area contributed by atoms with Crippen molar-refractivity contribution in [1.29, 1.82) is 0 Å². The summed E-state index contributed by atoms with van der Waals surface area (Å²) in [4.78, 5) is 18.5. The first-order chi connectivity index (χ1) is 10.7. The molecule has 4 rings (SSSR count). The minimum atomic E-state index is -0.392. The highest BCUT2D eigenvalue weighted by Crippen LogP contribution is 2.39. The Balaban J connectivity index is 1.55. The summed E-state index contributed by atoms with van der Waals surface area (Å²) in [6.45, 7) is 0.445. The van der Waals surface area contributed by atoms with Crippen molar-refractivity contribution in [2.75, 3.05) is 0 Å². The van der Waals surface area contributed by atoms with Gasteiger partial charge >= 0.3 is 0 Å². The summed E-state index contributed by atoms with van der Waals surface area (Å²) >= 11 is 5.44. The topological polar surface area (TPSA) is 54.5 Å². The van der Waals surface area contributed by atoms with Crippen LogP contribution in [0.2, 0.25) is 0 Å². The van der Waals surface area contributed by atoms with E-state index in [4.69, 9.17) is 17.0 Å². The van der Waals surface area contributed by atoms with Gasteiger partial charge in [0.2, 0.25) is 0 Å². The lowest BCUT2D eigenvalue weighted by molar-refractivity contribution is -0.141. The highest BCUT2D eigenvalue weighted by molar-refractivity contribution is 7.80. The van der Waals surface area contributed by atoms with E-state index < -0.39 is 6.10 Å². The zero-order valence-electron chi connectivity index (χ0n) is 12.3. The van der Waals surface area contributed by atoms with E-state index in [0.717, 1.165) is 18.4 Å². The van der Waals surface area contributed by atoms with Crippen molar-refractivity contribution in [3.63, 3.8) is 0 Å². The summed E-state index contributed by atoms with van der Waals surface area (Å²) in [7, 11) is 0. The van der Waals surface area contributed by atoms with Crippen molar-refractivity contribution in [3.8, 4) is 0 Å². The smallest absolute Gasteiger partial charge is 0.260 e. The minimum absolute atomic E-state index is 0.00740. The van der Waals surface area contributed by atoms with Crippen LogP contribution in [0.4, 0.5) is 0 Å². The zero-order chi connectivity index (χ0) is 15.1. The lowest BCUT2D eigenvalue weighted by atomic mass is 9.82. The Morgan fingerprint density at radius 2 is 2.27 bits per heavy atom. The predicted octanol–water partition coefficient (Wildman–Crippen LogP) is 1.62. The van der Waals surface area contributed by atoms with Crippen LogP contribution in [-0.2, 0) is 16.1 Å². The standard InChI is InChI=1S/C16H19N3O2S/c20-15-14-13(11-5-1-2-6-12(11)21-14)18-16(22)19(15)9-10-4-3-7-17-8-10/h3-4,7-8,11-14H,1-2,5-6,9H2,(H,18,22). The number of ether oxygens (including phenoxy) is 1. The fraction of sp³-hybridized carbons (Fsp3) is 0.562. The van der Waals surface area contributed by atoms with Gasteiger partial charge in [0.05, 0.1) is 18.7 Å². The van der Waals surface area contributed by atoms with E-state index in [1.165, 1.54) is 12.8 Å². The Kier molecular flexibility index (Phi) is 3.58. The molecule has 5 nitrogen and oxygen atoms in total. The number of carbonyl (C=O) groups is 1. The SMILES string of the molecule is O=C1C2OC3CCCCC3C2NC(=S)N1Cc1cccnc1. The summed E-state index contributed by atoms with van der Waals surface area (Å²) < 4.78 is 6.07. The van der Waals surface area contributed by atoms with Crippen LogP contribution >= 0.6 is 12.2 Å². The summed E-state index contributed by atoms with van der Waals surface area (Å²) in [5.41, 5.74) is 0.967. The number of pyridine rings is 1. The van der Waals surface area contributed by atoms with Crippen LogP contribution in [-0.4, -0.2) is 39.2 Å². The van der Waals surface area contributed by atoms with Crippen molar-refractivity contribution < 1.29 is 9.53 Å². The van der Waals surface area contributed by atoms with Gasteiger partial charge in [0.15, 0.2) is 11.2 Å². The van der Waals surface area contributed by atoms with Crippen LogP contribution in [0.25, 0.3) is 0 Å². The number of thiocarbonyl (C=S) groups is 1. The van der Waals surface area contributed by atoms with Crippen molar-refractivity contribution in [3.05, 3.63) is 30.1 Å². The van der Waals surface area contributed by atoms with Crippen LogP contribution in [0.5, 0.6) is 0 Å². The summed E-state index contributed by atoms with van der Waals surface area (Å²) in [5, 5.41) is 3.89. The third-order valence-electron chi connectivity index (χ3n) is 4.97. The van der Waals surface area contributed by atoms with E-state index in [9.17, 15) is 4.79 Å². The molecular formula is C16H19N3O2S. The maximum Gasteiger partial charge on any atom is 0.260 e. The van der Waals surface area contributed by atoms with Crippen molar-refractivity contribution in [2.45, 2.75) is 50.5 Å². The molecule has 3 heterocycles. The van der Waals surface area contributed by atoms with Gasteiger partial charge in [0, 0.05) is 18.3 Å². The number of rotatable bonds is 2. The molecule has 4 atom stereocenters. The Morgan fingerprint density at radius 3 is 3.09 bits per heavy atom. The number of nitrogens with zero attached hydrogens (tertiary/aromatic N) is 2. The quantitative estimate of drug-likeness (QED) is 0.840. The van der Waals surface area contributed by atoms with E-state index in [1.54, 1.807) is 17.3 Å². The number of hydrogen-bond acceptors (Lipinski definition) is 4. The second-order valence-corrected chi connectivity index (χ2v) is 6.69. The molecule has 1 N–H and O–H groups in total. The molecule has 1 saturated carbocycles. The molecule has 2 saturated heterocycles. The van der Waals surface area contributed by atoms with Gasteiger partial charge in [-0.15, -0.1) is 0 Å². The molecule has 22 heavy (non-hydrogen) atoms. The van der Waals surface area contributed by atoms with Gasteiger partial charge in [-0.1, -0.05) is 18.9 Å². The Bertz CT molecular complexity index is 594. The van der Waals surface area contributed by atoms with Gasteiger partial charge in [-0.05, 0) is 36.7 Å². The number of aromatic nitrogens is 1. The summed E-state index contributed by atoms with van der Waals surface area (Å²) in [6.07, 6.45) is 7.89. The third-order valence-corrected chi connectivity index (χ3v) is 5.31. The maximum absolute atomic E-state index is 12.8. The fourth-order valence-corrected chi connectivity index (χ4v) is 4.19. The molecule has 0 spiro atoms. The molecule has 116 valence electrons. The average molecular weight is 317 g/mol. The van der Waals surface area contributed by atoms with E-state index >= 15 is 0 Å². The first-order valence-electron chi connectivity index (χ1n) is 7.90. The second-order valence-electron chi connectivity index (χ2n) is 6.30. The lowest BCUT2D eigenvalue weighted by Gasteiger charge is -2.37. The molecule has 2 aliphatic heterocycles. The van der Waals surface area contributed by atoms with Gasteiger partial charge < -0.3 is 10.1 Å². The molecule has 3 aliphatic rings. The Morgan fingerprint density at radius 1 is 1.41 bits per heavy atom. The van der Waals surface area contributed by atoms with E-state index in [1.807, 2.05) is 12.1 Å². The number of hydrogen-bond donors (Lipinski definition) is 1. The summed E-state index contributed by atoms with van der Waals surface area (Å²) in [5.74, 6) is 0.410. The maximum atomic E-state index is 12.8. The summed E-state index contributed by atoms with van der Waals surface area (Å²) in [6, 6.07) is 3.86. The minimum Gasteiger partial charge on any atom is -0.363 e. The van der Waals surface area contributed by atoms with Gasteiger partial charge in [0.25, 0.3) is 5.91 Å². The van der Waals surface area contributed by atoms with Gasteiger partial charge in [-0.2, -0.15) is 0 Å². The molecule has 3 fully saturated rings. The van der Waals surface area contributed by atoms with Crippen LogP contribution in [0, 0.1) is 5.92 Å². The second kappa shape index (κ2) is 5.59. The Hall–Kier alpha value is -1.53. The fourth-order valence-electron chi connectivity index (χ4n) is 3.90. The molecule has 1 aromatic rings. The van der Waals surface area contributed by atoms with Crippen LogP contribution in [0.1, 0.15) is 31.2 Å². The van der Waals surface area contributed by atoms with E-state index in [2.05, 4.69) is 10.3 Å². The average Bonchev–Trinajstić information content (AvgIpc) is 2.91. The highest BCUT2D eigenvalue weighted by atomic mass is 32.1. The monoisotopic (exact) mass is 317 g/mol. The molecule has 1 amide bonds. The number of fused-ring (bicyclic) bond motifs is 3. The van der Waals surface area contributed by atoms with E-state index in [-0.39, 0.29) is 18.1 Å². The van der Waals surface area contributed by atoms with Gasteiger partial charge in [-0.3, -0.25) is 14.7 Å². The molecule has 0 bridgehead atoms. The van der Waals surface area contributed by atoms with Gasteiger partial charge in [0.1, 0.15) is 0 Å². The first-order valence-corrected chi connectivity index (χ1v) is 8.31. The molecular weight excluding hydrogens is 298 g/mol. The zero-order valence-corrected chi connectivity index (χ0v) is 13.1. The highest BCUT2D eigenvalue weighted by Gasteiger charge is 2.52. The predicted molar refractivity (Wildman–Crippen MR) is 84.9 cm³/mol. The molecule has 4 unspecified atom stereocenters. The molecule has 6 heteroatoms. The van der Waals surface area contributed by atoms with Crippen molar-refractivity contribution >= 4 is 23.2 Å². The van der Waals surface area contributed by atoms with Crippen molar-refractivity contribution in [1.82, 2.24) is 15.2 Å². The first kappa shape index (κ1) is 14.1. The number of carbonyl (C=O) groups excluding carboxylic acids is 1. The normalized spacial score (nSPS) is 34.1. The Labute approximate surface area is 135 Å². The van der Waals surface area contributed by atoms with Gasteiger partial charge in [-0.25, -0.2) is 0 Å². The molecule has 0 radical (unpaired) electrons. The van der Waals surface area contributed by atoms with E-state index in [0.29, 0.717) is 17.6 Å². The number of nitrogens with one attached hydrogen (secondary N) is 1. The van der Waals surface area contributed by atoms with Crippen LogP contribution in [0.3, 0.4) is 0 Å². The molecule has 0 aromatic carbocycles. The van der Waals surface area contributed by atoms with Crippen molar-refractivity contribution in [2.24, 2.45) is 5.92 Å². The van der Waals surface area contributed by atoms with Crippen LogP contribution < -0.4 is 5.32 Å². The lowest BCUT2D eigenvalue weighted by Crippen LogP contribution is -2.62. The van der Waals surface area contributed by atoms with Crippen LogP contribution in [0.15, 0.2) is 24.5 Å². The molecule has 1 aromatic heterocycles. The largest absolute Gasteiger partial charge is 0.363 e. The third kappa shape index (κ3) is 2.30.